The fourth-order valence-electron chi connectivity index (χ4n) is 2.64. The first kappa shape index (κ1) is 20.3. The van der Waals surface area contributed by atoms with Gasteiger partial charge in [0.2, 0.25) is 11.9 Å². The summed E-state index contributed by atoms with van der Waals surface area (Å²) in [7, 11) is 0. The van der Waals surface area contributed by atoms with Gasteiger partial charge in [-0.2, -0.15) is 23.1 Å². The molecule has 0 saturated carbocycles. The number of benzene rings is 1. The number of fused-ring (bicyclic) bond motifs is 1. The molecule has 0 radical (unpaired) electrons. The number of halogens is 5. The van der Waals surface area contributed by atoms with Gasteiger partial charge in [-0.1, -0.05) is 0 Å². The van der Waals surface area contributed by atoms with Crippen LogP contribution in [-0.4, -0.2) is 33.6 Å². The molecule has 0 aliphatic carbocycles. The smallest absolute Gasteiger partial charge is 0.366 e. The zero-order valence-corrected chi connectivity index (χ0v) is 14.9. The number of aromatic amines is 1. The van der Waals surface area contributed by atoms with E-state index in [9.17, 15) is 26.7 Å². The maximum Gasteiger partial charge on any atom is 0.405 e. The molecule has 0 spiro atoms. The molecule has 154 valence electrons. The van der Waals surface area contributed by atoms with Crippen LogP contribution >= 0.6 is 0 Å². The molecule has 0 bridgehead atoms. The third-order valence-electron chi connectivity index (χ3n) is 3.89. The van der Waals surface area contributed by atoms with E-state index in [-0.39, 0.29) is 28.7 Å². The van der Waals surface area contributed by atoms with Crippen LogP contribution in [0.2, 0.25) is 0 Å². The highest BCUT2D eigenvalue weighted by Gasteiger charge is 2.30. The molecule has 2 aromatic heterocycles. The van der Waals surface area contributed by atoms with Crippen LogP contribution in [0.15, 0.2) is 30.5 Å². The molecular formula is C17H15F5N6O. The minimum Gasteiger partial charge on any atom is -0.366 e. The molecular weight excluding hydrogens is 399 g/mol. The second-order valence-corrected chi connectivity index (χ2v) is 6.24. The van der Waals surface area contributed by atoms with Crippen LogP contribution in [0.5, 0.6) is 0 Å². The van der Waals surface area contributed by atoms with E-state index in [0.717, 1.165) is 12.1 Å². The average molecular weight is 414 g/mol. The Labute approximate surface area is 160 Å². The second kappa shape index (κ2) is 7.18. The van der Waals surface area contributed by atoms with Gasteiger partial charge in [0.25, 0.3) is 5.92 Å². The van der Waals surface area contributed by atoms with Crippen LogP contribution in [0.25, 0.3) is 11.0 Å². The Morgan fingerprint density at radius 2 is 1.90 bits per heavy atom. The third kappa shape index (κ3) is 4.70. The lowest BCUT2D eigenvalue weighted by molar-refractivity contribution is -0.115. The number of nitrogens with one attached hydrogen (secondary N) is 3. The lowest BCUT2D eigenvalue weighted by Crippen LogP contribution is -2.22. The molecule has 0 aliphatic rings. The van der Waals surface area contributed by atoms with Crippen LogP contribution in [0.4, 0.5) is 39.4 Å². The maximum absolute atomic E-state index is 13.8. The fourth-order valence-corrected chi connectivity index (χ4v) is 2.64. The summed E-state index contributed by atoms with van der Waals surface area (Å²) in [5.74, 6) is -4.60. The first-order valence-corrected chi connectivity index (χ1v) is 8.19. The molecule has 0 atom stereocenters. The molecule has 12 heteroatoms. The number of H-pyrrole nitrogens is 1. The summed E-state index contributed by atoms with van der Waals surface area (Å²) >= 11 is 0. The van der Waals surface area contributed by atoms with Gasteiger partial charge in [-0.25, -0.2) is 8.78 Å². The summed E-state index contributed by atoms with van der Waals surface area (Å²) in [6, 6.07) is 4.92. The van der Waals surface area contributed by atoms with E-state index >= 15 is 0 Å². The van der Waals surface area contributed by atoms with Crippen LogP contribution in [0, 0.1) is 0 Å². The highest BCUT2D eigenvalue weighted by Crippen LogP contribution is 2.33. The molecule has 29 heavy (non-hydrogen) atoms. The average Bonchev–Trinajstić information content (AvgIpc) is 3.06. The molecule has 3 aromatic rings. The van der Waals surface area contributed by atoms with Crippen molar-refractivity contribution >= 4 is 34.4 Å². The van der Waals surface area contributed by atoms with Gasteiger partial charge in [-0.15, -0.1) is 0 Å². The van der Waals surface area contributed by atoms with Gasteiger partial charge >= 0.3 is 6.18 Å². The quantitative estimate of drug-likeness (QED) is 0.458. The summed E-state index contributed by atoms with van der Waals surface area (Å²) in [6.45, 7) is -0.706. The molecule has 1 amide bonds. The molecule has 0 aliphatic heterocycles. The Kier molecular flexibility index (Phi) is 5.03. The van der Waals surface area contributed by atoms with Crippen molar-refractivity contribution in [1.29, 1.82) is 0 Å². The number of aromatic nitrogens is 3. The lowest BCUT2D eigenvalue weighted by Gasteiger charge is -2.16. The topological polar surface area (TPSA) is 109 Å². The lowest BCUT2D eigenvalue weighted by atomic mass is 10.0. The van der Waals surface area contributed by atoms with E-state index in [0.29, 0.717) is 12.3 Å². The Morgan fingerprint density at radius 1 is 1.17 bits per heavy atom. The zero-order valence-electron chi connectivity index (χ0n) is 14.9. The summed E-state index contributed by atoms with van der Waals surface area (Å²) in [6.07, 6.45) is -2.99. The van der Waals surface area contributed by atoms with Crippen molar-refractivity contribution in [2.45, 2.75) is 19.0 Å². The SMILES string of the molecule is CC(F)(F)c1cc(Nc2nc(NCC(F)(F)F)c3cc[nH]c3n2)ccc1C(N)=O. The minimum atomic E-state index is -4.46. The van der Waals surface area contributed by atoms with Crippen molar-refractivity contribution in [2.75, 3.05) is 17.2 Å². The van der Waals surface area contributed by atoms with Crippen LogP contribution in [0.3, 0.4) is 0 Å². The van der Waals surface area contributed by atoms with Crippen molar-refractivity contribution in [1.82, 2.24) is 15.0 Å². The summed E-state index contributed by atoms with van der Waals surface area (Å²) in [5, 5.41) is 5.16. The zero-order chi connectivity index (χ0) is 21.4. The van der Waals surface area contributed by atoms with E-state index in [1.54, 1.807) is 0 Å². The summed E-state index contributed by atoms with van der Waals surface area (Å²) in [5.41, 5.74) is 4.51. The Balaban J connectivity index is 1.97. The second-order valence-electron chi connectivity index (χ2n) is 6.24. The molecule has 0 saturated heterocycles. The number of nitrogens with zero attached hydrogens (tertiary/aromatic N) is 2. The van der Waals surface area contributed by atoms with Crippen LogP contribution in [-0.2, 0) is 5.92 Å². The summed E-state index contributed by atoms with van der Waals surface area (Å²) in [4.78, 5) is 22.2. The van der Waals surface area contributed by atoms with Crippen molar-refractivity contribution in [3.8, 4) is 0 Å². The summed E-state index contributed by atoms with van der Waals surface area (Å²) < 4.78 is 65.3. The molecule has 1 aromatic carbocycles. The third-order valence-corrected chi connectivity index (χ3v) is 3.89. The standard InChI is InChI=1S/C17H15F5N6O/c1-16(18,19)11-6-8(2-3-9(11)12(23)29)26-15-27-13-10(4-5-24-13)14(28-15)25-7-17(20,21)22/h2-6H,7H2,1H3,(H2,23,29)(H3,24,25,26,27,28). The number of amides is 1. The first-order valence-electron chi connectivity index (χ1n) is 8.19. The number of anilines is 3. The van der Waals surface area contributed by atoms with Crippen molar-refractivity contribution in [2.24, 2.45) is 5.73 Å². The van der Waals surface area contributed by atoms with Gasteiger partial charge in [0, 0.05) is 29.9 Å². The molecule has 7 nitrogen and oxygen atoms in total. The van der Waals surface area contributed by atoms with Crippen LogP contribution in [0.1, 0.15) is 22.8 Å². The highest BCUT2D eigenvalue weighted by atomic mass is 19.4. The number of alkyl halides is 5. The van der Waals surface area contributed by atoms with Gasteiger partial charge < -0.3 is 21.4 Å². The van der Waals surface area contributed by atoms with Gasteiger partial charge in [-0.05, 0) is 24.3 Å². The highest BCUT2D eigenvalue weighted by molar-refractivity contribution is 5.95. The van der Waals surface area contributed by atoms with Gasteiger partial charge in [-0.3, -0.25) is 4.79 Å². The number of nitrogens with two attached hydrogens (primary N) is 1. The largest absolute Gasteiger partial charge is 0.405 e. The van der Waals surface area contributed by atoms with E-state index in [2.05, 4.69) is 25.6 Å². The molecule has 0 fully saturated rings. The number of rotatable bonds is 6. The van der Waals surface area contributed by atoms with Crippen LogP contribution < -0.4 is 16.4 Å². The van der Waals surface area contributed by atoms with E-state index in [1.165, 1.54) is 18.3 Å². The predicted molar refractivity (Wildman–Crippen MR) is 96.2 cm³/mol. The fraction of sp³-hybridized carbons (Fsp3) is 0.235. The van der Waals surface area contributed by atoms with Crippen molar-refractivity contribution in [3.63, 3.8) is 0 Å². The van der Waals surface area contributed by atoms with Crippen molar-refractivity contribution < 1.29 is 26.7 Å². The normalized spacial score (nSPS) is 12.2. The Morgan fingerprint density at radius 3 is 2.52 bits per heavy atom. The maximum atomic E-state index is 13.8. The van der Waals surface area contributed by atoms with Gasteiger partial charge in [0.15, 0.2) is 0 Å². The minimum absolute atomic E-state index is 0.0918. The monoisotopic (exact) mass is 414 g/mol. The predicted octanol–water partition coefficient (Wildman–Crippen LogP) is 3.89. The molecule has 0 unspecified atom stereocenters. The Bertz CT molecular complexity index is 1060. The number of hydrogen-bond donors (Lipinski definition) is 4. The molecule has 2 heterocycles. The van der Waals surface area contributed by atoms with Crippen molar-refractivity contribution in [3.05, 3.63) is 41.6 Å². The van der Waals surface area contributed by atoms with E-state index in [1.807, 2.05) is 0 Å². The van der Waals surface area contributed by atoms with E-state index in [4.69, 9.17) is 5.73 Å². The Hall–Kier alpha value is -3.44. The molecule has 5 N–H and O–H groups in total. The number of carbonyl (C=O) groups is 1. The van der Waals surface area contributed by atoms with Gasteiger partial charge in [0.05, 0.1) is 5.39 Å². The van der Waals surface area contributed by atoms with Gasteiger partial charge in [0.1, 0.15) is 18.0 Å². The molecule has 3 rings (SSSR count). The number of carbonyl (C=O) groups excluding carboxylic acids is 1. The first-order chi connectivity index (χ1) is 13.4. The van der Waals surface area contributed by atoms with E-state index < -0.39 is 30.1 Å². The number of hydrogen-bond acceptors (Lipinski definition) is 5. The number of primary amides is 1.